The Labute approximate surface area is 125 Å². The number of nitrogens with one attached hydrogen (secondary N) is 1. The Morgan fingerprint density at radius 3 is 2.86 bits per heavy atom. The fourth-order valence-corrected chi connectivity index (χ4v) is 2.52. The molecule has 2 rings (SSSR count). The Morgan fingerprint density at radius 2 is 2.33 bits per heavy atom. The Morgan fingerprint density at radius 1 is 1.57 bits per heavy atom. The highest BCUT2D eigenvalue weighted by molar-refractivity contribution is 5.92. The van der Waals surface area contributed by atoms with Crippen molar-refractivity contribution in [2.24, 2.45) is 11.1 Å². The number of pyridine rings is 1. The van der Waals surface area contributed by atoms with Gasteiger partial charge in [-0.2, -0.15) is 0 Å². The van der Waals surface area contributed by atoms with Crippen molar-refractivity contribution in [3.63, 3.8) is 0 Å². The van der Waals surface area contributed by atoms with Gasteiger partial charge in [-0.05, 0) is 18.6 Å². The number of hydrogen-bond donors (Lipinski definition) is 2. The number of carbonyl (C=O) groups is 1. The average molecular weight is 287 g/mol. The monoisotopic (exact) mass is 287 g/mol. The summed E-state index contributed by atoms with van der Waals surface area (Å²) in [6, 6.07) is 3.55. The van der Waals surface area contributed by atoms with Crippen LogP contribution in [0.4, 0.5) is 0 Å². The van der Waals surface area contributed by atoms with Gasteiger partial charge in [-0.3, -0.25) is 4.79 Å². The highest BCUT2D eigenvalue weighted by Crippen LogP contribution is 2.42. The van der Waals surface area contributed by atoms with Crippen LogP contribution in [-0.4, -0.2) is 36.7 Å². The number of nitrogens with zero attached hydrogens (tertiary/aromatic N) is 1. The first-order valence-corrected chi connectivity index (χ1v) is 6.97. The molecule has 0 spiro atoms. The first-order chi connectivity index (χ1) is 9.98. The number of amides is 1. The number of rotatable bonds is 3. The normalized spacial score (nSPS) is 22.7. The van der Waals surface area contributed by atoms with Gasteiger partial charge < -0.3 is 15.8 Å². The second-order valence-electron chi connectivity index (χ2n) is 5.75. The second kappa shape index (κ2) is 6.25. The minimum Gasteiger partial charge on any atom is -0.381 e. The van der Waals surface area contributed by atoms with Gasteiger partial charge >= 0.3 is 0 Å². The maximum absolute atomic E-state index is 12.2. The minimum atomic E-state index is -0.166. The van der Waals surface area contributed by atoms with E-state index in [1.165, 1.54) is 0 Å². The van der Waals surface area contributed by atoms with Crippen molar-refractivity contribution >= 4 is 5.91 Å². The first kappa shape index (κ1) is 15.5. The van der Waals surface area contributed by atoms with Gasteiger partial charge in [0.25, 0.3) is 5.91 Å². The first-order valence-electron chi connectivity index (χ1n) is 6.97. The third kappa shape index (κ3) is 3.23. The van der Waals surface area contributed by atoms with Crippen molar-refractivity contribution in [2.45, 2.75) is 32.4 Å². The largest absolute Gasteiger partial charge is 0.381 e. The zero-order chi connectivity index (χ0) is 15.5. The van der Waals surface area contributed by atoms with Gasteiger partial charge in [0.2, 0.25) is 0 Å². The van der Waals surface area contributed by atoms with Crippen LogP contribution in [0.15, 0.2) is 18.3 Å². The number of carbonyl (C=O) groups excluding carboxylic acids is 1. The average Bonchev–Trinajstić information content (AvgIpc) is 2.49. The quantitative estimate of drug-likeness (QED) is 0.811. The Balaban J connectivity index is 1.98. The number of ether oxygens (including phenoxy) is 1. The van der Waals surface area contributed by atoms with Crippen LogP contribution < -0.4 is 11.1 Å². The van der Waals surface area contributed by atoms with Gasteiger partial charge in [-0.1, -0.05) is 25.7 Å². The molecule has 0 aromatic carbocycles. The Bertz CT molecular complexity index is 569. The molecule has 1 aromatic heterocycles. The summed E-state index contributed by atoms with van der Waals surface area (Å²) in [5.74, 6) is 5.46. The lowest BCUT2D eigenvalue weighted by Gasteiger charge is -2.51. The smallest absolute Gasteiger partial charge is 0.270 e. The molecule has 1 aliphatic rings. The third-order valence-electron chi connectivity index (χ3n) is 4.10. The van der Waals surface area contributed by atoms with E-state index in [-0.39, 0.29) is 23.5 Å². The van der Waals surface area contributed by atoms with E-state index in [4.69, 9.17) is 10.5 Å². The summed E-state index contributed by atoms with van der Waals surface area (Å²) in [4.78, 5) is 16.3. The van der Waals surface area contributed by atoms with Gasteiger partial charge in [0.1, 0.15) is 5.69 Å². The minimum absolute atomic E-state index is 0.0586. The zero-order valence-corrected chi connectivity index (χ0v) is 12.6. The number of nitrogens with two attached hydrogens (primary N) is 1. The molecule has 1 aromatic rings. The molecule has 2 atom stereocenters. The van der Waals surface area contributed by atoms with E-state index in [2.05, 4.69) is 36.0 Å². The van der Waals surface area contributed by atoms with Crippen LogP contribution in [0.2, 0.25) is 0 Å². The van der Waals surface area contributed by atoms with Crippen LogP contribution >= 0.6 is 0 Å². The highest BCUT2D eigenvalue weighted by Gasteiger charge is 2.49. The molecule has 0 bridgehead atoms. The lowest BCUT2D eigenvalue weighted by atomic mass is 9.64. The molecule has 1 aliphatic carbocycles. The second-order valence-corrected chi connectivity index (χ2v) is 5.75. The van der Waals surface area contributed by atoms with Crippen molar-refractivity contribution in [3.05, 3.63) is 29.6 Å². The summed E-state index contributed by atoms with van der Waals surface area (Å²) in [5, 5.41) is 3.01. The summed E-state index contributed by atoms with van der Waals surface area (Å²) < 4.78 is 5.38. The van der Waals surface area contributed by atoms with E-state index in [1.54, 1.807) is 25.4 Å². The van der Waals surface area contributed by atoms with E-state index in [9.17, 15) is 4.79 Å². The predicted octanol–water partition coefficient (Wildman–Crippen LogP) is 0.935. The van der Waals surface area contributed by atoms with Gasteiger partial charge in [-0.25, -0.2) is 4.98 Å². The third-order valence-corrected chi connectivity index (χ3v) is 4.10. The standard InChI is InChI=1S/C16H21N3O2/c1-16(2)13(9-14(16)21-3)19-15(20)12-7-6-11(10-18-12)5-4-8-17/h6-7,10,13-14H,8-9,17H2,1-3H3,(H,19,20). The molecule has 5 nitrogen and oxygen atoms in total. The van der Waals surface area contributed by atoms with Crippen LogP contribution in [-0.2, 0) is 4.74 Å². The van der Waals surface area contributed by atoms with Crippen LogP contribution in [0.5, 0.6) is 0 Å². The molecular weight excluding hydrogens is 266 g/mol. The molecule has 1 amide bonds. The fourth-order valence-electron chi connectivity index (χ4n) is 2.52. The van der Waals surface area contributed by atoms with Gasteiger partial charge in [0, 0.05) is 30.3 Å². The molecule has 1 heterocycles. The molecule has 0 aliphatic heterocycles. The van der Waals surface area contributed by atoms with E-state index >= 15 is 0 Å². The maximum Gasteiger partial charge on any atom is 0.270 e. The molecule has 0 saturated heterocycles. The van der Waals surface area contributed by atoms with Gasteiger partial charge in [0.05, 0.1) is 12.6 Å². The Hall–Kier alpha value is -1.90. The maximum atomic E-state index is 12.2. The molecule has 21 heavy (non-hydrogen) atoms. The number of hydrogen-bond acceptors (Lipinski definition) is 4. The molecule has 0 radical (unpaired) electrons. The highest BCUT2D eigenvalue weighted by atomic mass is 16.5. The van der Waals surface area contributed by atoms with E-state index in [0.717, 1.165) is 12.0 Å². The molecule has 1 fully saturated rings. The zero-order valence-electron chi connectivity index (χ0n) is 12.6. The van der Waals surface area contributed by atoms with Crippen molar-refractivity contribution in [3.8, 4) is 11.8 Å². The van der Waals surface area contributed by atoms with E-state index < -0.39 is 0 Å². The summed E-state index contributed by atoms with van der Waals surface area (Å²) >= 11 is 0. The molecule has 112 valence electrons. The molecular formula is C16H21N3O2. The SMILES string of the molecule is COC1CC(NC(=O)c2ccc(C#CCN)cn2)C1(C)C. The topological polar surface area (TPSA) is 77.2 Å². The number of methoxy groups -OCH3 is 1. The lowest BCUT2D eigenvalue weighted by Crippen LogP contribution is -2.61. The van der Waals surface area contributed by atoms with Crippen molar-refractivity contribution < 1.29 is 9.53 Å². The van der Waals surface area contributed by atoms with Crippen LogP contribution in [0, 0.1) is 17.3 Å². The lowest BCUT2D eigenvalue weighted by molar-refractivity contribution is -0.0942. The van der Waals surface area contributed by atoms with Crippen molar-refractivity contribution in [2.75, 3.05) is 13.7 Å². The predicted molar refractivity (Wildman–Crippen MR) is 80.6 cm³/mol. The van der Waals surface area contributed by atoms with E-state index in [1.807, 2.05) is 0 Å². The van der Waals surface area contributed by atoms with Crippen LogP contribution in [0.25, 0.3) is 0 Å². The molecule has 1 saturated carbocycles. The van der Waals surface area contributed by atoms with Crippen molar-refractivity contribution in [1.29, 1.82) is 0 Å². The fraction of sp³-hybridized carbons (Fsp3) is 0.500. The van der Waals surface area contributed by atoms with Crippen molar-refractivity contribution in [1.82, 2.24) is 10.3 Å². The molecule has 2 unspecified atom stereocenters. The molecule has 3 N–H and O–H groups in total. The summed E-state index contributed by atoms with van der Waals surface area (Å²) in [6.45, 7) is 4.49. The molecule has 5 heteroatoms. The van der Waals surface area contributed by atoms with E-state index in [0.29, 0.717) is 12.2 Å². The summed E-state index contributed by atoms with van der Waals surface area (Å²) in [6.07, 6.45) is 2.60. The van der Waals surface area contributed by atoms with Crippen LogP contribution in [0.3, 0.4) is 0 Å². The van der Waals surface area contributed by atoms with Crippen LogP contribution in [0.1, 0.15) is 36.3 Å². The van der Waals surface area contributed by atoms with Gasteiger partial charge in [-0.15, -0.1) is 0 Å². The Kier molecular flexibility index (Phi) is 4.61. The van der Waals surface area contributed by atoms with Gasteiger partial charge in [0.15, 0.2) is 0 Å². The summed E-state index contributed by atoms with van der Waals surface area (Å²) in [7, 11) is 1.70. The summed E-state index contributed by atoms with van der Waals surface area (Å²) in [5.41, 5.74) is 6.40. The number of aromatic nitrogens is 1.